The normalized spacial score (nSPS) is 17.0. The summed E-state index contributed by atoms with van der Waals surface area (Å²) >= 11 is 0. The molecule has 2 heterocycles. The van der Waals surface area contributed by atoms with Gasteiger partial charge in [-0.25, -0.2) is 4.98 Å². The Hall–Kier alpha value is -2.12. The van der Waals surface area contributed by atoms with E-state index in [1.807, 2.05) is 13.1 Å². The number of imidazole rings is 1. The van der Waals surface area contributed by atoms with Crippen LogP contribution in [-0.2, 0) is 6.54 Å². The molecule has 0 bridgehead atoms. The molecule has 0 aliphatic carbocycles. The third-order valence-corrected chi connectivity index (χ3v) is 5.45. The first kappa shape index (κ1) is 20.6. The lowest BCUT2D eigenvalue weighted by molar-refractivity contribution is 0.280. The second kappa shape index (κ2) is 10.4. The van der Waals surface area contributed by atoms with E-state index in [-0.39, 0.29) is 0 Å². The monoisotopic (exact) mass is 385 g/mol. The number of hydrogen-bond acceptors (Lipinski definition) is 4. The summed E-state index contributed by atoms with van der Waals surface area (Å²) < 4.78 is 2.30. The van der Waals surface area contributed by atoms with Crippen LogP contribution >= 0.6 is 0 Å². The maximum absolute atomic E-state index is 4.64. The van der Waals surface area contributed by atoms with Crippen LogP contribution < -0.4 is 10.6 Å². The van der Waals surface area contributed by atoms with Crippen molar-refractivity contribution in [1.82, 2.24) is 30.0 Å². The van der Waals surface area contributed by atoms with Gasteiger partial charge in [0.25, 0.3) is 0 Å². The lowest BCUT2D eigenvalue weighted by Gasteiger charge is -2.21. The van der Waals surface area contributed by atoms with E-state index in [1.54, 1.807) is 0 Å². The van der Waals surface area contributed by atoms with Crippen LogP contribution in [0, 0.1) is 6.92 Å². The Morgan fingerprint density at radius 2 is 1.89 bits per heavy atom. The van der Waals surface area contributed by atoms with E-state index in [9.17, 15) is 0 Å². The molecule has 0 saturated carbocycles. The molecule has 7 nitrogen and oxygen atoms in total. The number of para-hydroxylation sites is 2. The van der Waals surface area contributed by atoms with Crippen molar-refractivity contribution in [3.8, 4) is 0 Å². The summed E-state index contributed by atoms with van der Waals surface area (Å²) in [6, 6.07) is 8.33. The molecule has 1 aliphatic rings. The smallest absolute Gasteiger partial charge is 0.191 e. The van der Waals surface area contributed by atoms with Crippen molar-refractivity contribution in [1.29, 1.82) is 0 Å². The van der Waals surface area contributed by atoms with Crippen LogP contribution in [0.2, 0.25) is 0 Å². The highest BCUT2D eigenvalue weighted by Crippen LogP contribution is 2.15. The summed E-state index contributed by atoms with van der Waals surface area (Å²) in [5.74, 6) is 1.96. The fourth-order valence-corrected chi connectivity index (χ4v) is 3.80. The Balaban J connectivity index is 1.37. The number of nitrogens with zero attached hydrogens (tertiary/aromatic N) is 5. The van der Waals surface area contributed by atoms with Crippen molar-refractivity contribution in [3.05, 3.63) is 30.1 Å². The van der Waals surface area contributed by atoms with Crippen LogP contribution in [-0.4, -0.2) is 85.2 Å². The number of benzene rings is 1. The minimum Gasteiger partial charge on any atom is -0.356 e. The van der Waals surface area contributed by atoms with Crippen molar-refractivity contribution in [2.75, 3.05) is 59.9 Å². The summed E-state index contributed by atoms with van der Waals surface area (Å²) in [6.07, 6.45) is 2.28. The number of guanidine groups is 1. The molecule has 1 fully saturated rings. The van der Waals surface area contributed by atoms with Crippen LogP contribution in [0.4, 0.5) is 0 Å². The van der Waals surface area contributed by atoms with E-state index < -0.39 is 0 Å². The summed E-state index contributed by atoms with van der Waals surface area (Å²) in [4.78, 5) is 13.9. The highest BCUT2D eigenvalue weighted by Gasteiger charge is 2.11. The van der Waals surface area contributed by atoms with Gasteiger partial charge in [-0.2, -0.15) is 0 Å². The second-order valence-electron chi connectivity index (χ2n) is 7.58. The SMILES string of the molecule is CN=C(NCCCn1c(C)nc2ccccc21)NCCN1CCCN(C)CC1. The fraction of sp³-hybridized carbons (Fsp3) is 0.619. The predicted octanol–water partition coefficient (Wildman–Crippen LogP) is 1.54. The number of hydrogen-bond donors (Lipinski definition) is 2. The molecule has 2 N–H and O–H groups in total. The van der Waals surface area contributed by atoms with E-state index in [1.165, 1.54) is 25.0 Å². The molecule has 1 aliphatic heterocycles. The second-order valence-corrected chi connectivity index (χ2v) is 7.58. The lowest BCUT2D eigenvalue weighted by Crippen LogP contribution is -2.42. The Morgan fingerprint density at radius 1 is 1.07 bits per heavy atom. The molecule has 0 radical (unpaired) electrons. The molecular weight excluding hydrogens is 350 g/mol. The van der Waals surface area contributed by atoms with Crippen LogP contribution in [0.1, 0.15) is 18.7 Å². The van der Waals surface area contributed by atoms with Crippen LogP contribution in [0.25, 0.3) is 11.0 Å². The molecule has 1 saturated heterocycles. The van der Waals surface area contributed by atoms with Crippen molar-refractivity contribution < 1.29 is 0 Å². The maximum atomic E-state index is 4.64. The van der Waals surface area contributed by atoms with Gasteiger partial charge in [0.15, 0.2) is 5.96 Å². The molecule has 154 valence electrons. The standard InChI is InChI=1S/C21H35N7/c1-18-25-19-8-4-5-9-20(19)28(18)14-6-10-23-21(22-2)24-11-15-27-13-7-12-26(3)16-17-27/h4-5,8-9H,6-7,10-17H2,1-3H3,(H2,22,23,24). The van der Waals surface area contributed by atoms with Crippen LogP contribution in [0.15, 0.2) is 29.3 Å². The molecule has 2 aromatic rings. The van der Waals surface area contributed by atoms with Gasteiger partial charge in [-0.05, 0) is 52.0 Å². The van der Waals surface area contributed by atoms with Crippen LogP contribution in [0.3, 0.4) is 0 Å². The number of rotatable bonds is 7. The molecule has 3 rings (SSSR count). The molecular formula is C21H35N7. The first-order valence-electron chi connectivity index (χ1n) is 10.4. The average molecular weight is 386 g/mol. The summed E-state index contributed by atoms with van der Waals surface area (Å²) in [5.41, 5.74) is 2.29. The van der Waals surface area contributed by atoms with Gasteiger partial charge in [0.1, 0.15) is 5.82 Å². The number of likely N-dealkylation sites (N-methyl/N-ethyl adjacent to an activating group) is 1. The zero-order chi connectivity index (χ0) is 19.8. The highest BCUT2D eigenvalue weighted by molar-refractivity contribution is 5.79. The molecule has 7 heteroatoms. The van der Waals surface area contributed by atoms with Gasteiger partial charge in [-0.15, -0.1) is 0 Å². The van der Waals surface area contributed by atoms with Gasteiger partial charge in [0.05, 0.1) is 11.0 Å². The van der Waals surface area contributed by atoms with E-state index in [4.69, 9.17) is 0 Å². The Kier molecular flexibility index (Phi) is 7.68. The zero-order valence-electron chi connectivity index (χ0n) is 17.6. The van der Waals surface area contributed by atoms with Gasteiger partial charge in [0.2, 0.25) is 0 Å². The lowest BCUT2D eigenvalue weighted by atomic mass is 10.3. The third-order valence-electron chi connectivity index (χ3n) is 5.45. The maximum Gasteiger partial charge on any atom is 0.191 e. The molecule has 0 atom stereocenters. The number of nitrogens with one attached hydrogen (secondary N) is 2. The van der Waals surface area contributed by atoms with E-state index in [0.717, 1.165) is 63.0 Å². The van der Waals surface area contributed by atoms with Crippen molar-refractivity contribution >= 4 is 17.0 Å². The highest BCUT2D eigenvalue weighted by atomic mass is 15.2. The van der Waals surface area contributed by atoms with Crippen LogP contribution in [0.5, 0.6) is 0 Å². The van der Waals surface area contributed by atoms with Gasteiger partial charge >= 0.3 is 0 Å². The number of aryl methyl sites for hydroxylation is 2. The van der Waals surface area contributed by atoms with Gasteiger partial charge in [-0.1, -0.05) is 12.1 Å². The van der Waals surface area contributed by atoms with Crippen molar-refractivity contribution in [2.45, 2.75) is 26.3 Å². The minimum atomic E-state index is 0.888. The number of aromatic nitrogens is 2. The molecule has 0 unspecified atom stereocenters. The summed E-state index contributed by atoms with van der Waals surface area (Å²) in [7, 11) is 4.05. The first-order chi connectivity index (χ1) is 13.7. The molecule has 1 aromatic heterocycles. The molecule has 1 aromatic carbocycles. The number of aliphatic imine (C=N–C) groups is 1. The Morgan fingerprint density at radius 3 is 2.75 bits per heavy atom. The van der Waals surface area contributed by atoms with Gasteiger partial charge < -0.3 is 25.0 Å². The third kappa shape index (κ3) is 5.69. The van der Waals surface area contributed by atoms with Crippen molar-refractivity contribution in [2.24, 2.45) is 4.99 Å². The van der Waals surface area contributed by atoms with Crippen molar-refractivity contribution in [3.63, 3.8) is 0 Å². The van der Waals surface area contributed by atoms with Gasteiger partial charge in [-0.3, -0.25) is 4.99 Å². The minimum absolute atomic E-state index is 0.888. The van der Waals surface area contributed by atoms with E-state index >= 15 is 0 Å². The largest absolute Gasteiger partial charge is 0.356 e. The molecule has 28 heavy (non-hydrogen) atoms. The quantitative estimate of drug-likeness (QED) is 0.430. The predicted molar refractivity (Wildman–Crippen MR) is 117 cm³/mol. The fourth-order valence-electron chi connectivity index (χ4n) is 3.80. The first-order valence-corrected chi connectivity index (χ1v) is 10.4. The summed E-state index contributed by atoms with van der Waals surface area (Å²) in [6.45, 7) is 10.6. The topological polar surface area (TPSA) is 60.7 Å². The van der Waals surface area contributed by atoms with E-state index in [0.29, 0.717) is 0 Å². The average Bonchev–Trinajstić information content (AvgIpc) is 2.86. The summed E-state index contributed by atoms with van der Waals surface area (Å²) in [5, 5.41) is 6.88. The van der Waals surface area contributed by atoms with E-state index in [2.05, 4.69) is 67.1 Å². The Bertz CT molecular complexity index is 767. The molecule has 0 spiro atoms. The Labute approximate surface area is 168 Å². The van der Waals surface area contributed by atoms with Gasteiger partial charge in [0, 0.05) is 46.3 Å². The molecule has 0 amide bonds. The zero-order valence-corrected chi connectivity index (χ0v) is 17.6. The number of fused-ring (bicyclic) bond motifs is 1.